The average Bonchev–Trinajstić information content (AvgIpc) is 2.71. The fourth-order valence-electron chi connectivity index (χ4n) is 2.95. The number of benzene rings is 1. The average molecular weight is 459 g/mol. The highest BCUT2D eigenvalue weighted by Gasteiger charge is 2.37. The molecule has 0 aliphatic carbocycles. The maximum Gasteiger partial charge on any atom is 0.225 e. The molecule has 1 aromatic heterocycles. The lowest BCUT2D eigenvalue weighted by Crippen LogP contribution is -2.48. The predicted molar refractivity (Wildman–Crippen MR) is 130 cm³/mol. The quantitative estimate of drug-likeness (QED) is 0.270. The number of halogens is 1. The summed E-state index contributed by atoms with van der Waals surface area (Å²) in [6, 6.07) is 5.39. The van der Waals surface area contributed by atoms with Crippen LogP contribution >= 0.6 is 0 Å². The van der Waals surface area contributed by atoms with Gasteiger partial charge in [-0.05, 0) is 24.6 Å². The highest BCUT2D eigenvalue weighted by atomic mass is 28.4. The molecule has 1 fully saturated rings. The van der Waals surface area contributed by atoms with Gasteiger partial charge in [0.15, 0.2) is 8.32 Å². The third kappa shape index (κ3) is 5.72. The third-order valence-corrected chi connectivity index (χ3v) is 10.7. The van der Waals surface area contributed by atoms with E-state index in [1.807, 2.05) is 11.0 Å². The van der Waals surface area contributed by atoms with Crippen LogP contribution in [0.3, 0.4) is 0 Å². The lowest BCUT2D eigenvalue weighted by molar-refractivity contribution is 0.139. The zero-order valence-corrected chi connectivity index (χ0v) is 21.1. The van der Waals surface area contributed by atoms with E-state index < -0.39 is 8.32 Å². The van der Waals surface area contributed by atoms with Crippen LogP contribution in [-0.2, 0) is 15.9 Å². The van der Waals surface area contributed by atoms with Crippen molar-refractivity contribution in [1.82, 2.24) is 9.97 Å². The highest BCUT2D eigenvalue weighted by Crippen LogP contribution is 2.37. The largest absolute Gasteiger partial charge is 0.412 e. The molecule has 1 aromatic carbocycles. The van der Waals surface area contributed by atoms with E-state index in [9.17, 15) is 0 Å². The van der Waals surface area contributed by atoms with Crippen molar-refractivity contribution >= 4 is 20.0 Å². The Kier molecular flexibility index (Phi) is 7.66. The van der Waals surface area contributed by atoms with Crippen LogP contribution in [0.5, 0.6) is 0 Å². The van der Waals surface area contributed by atoms with Gasteiger partial charge in [-0.25, -0.2) is 14.4 Å². The molecule has 174 valence electrons. The standard InChI is InChI=1S/C24H35FN4O2Si/c1-7-8-12-30-28-20-15-29(16-20)23-26-13-19(14-27-23)21-11-9-10-18(22(21)25)17-31-32(5,6)24(2,3)4/h9-11,13-14H,7-8,12,15-17H2,1-6H3. The van der Waals surface area contributed by atoms with Gasteiger partial charge in [0, 0.05) is 29.1 Å². The van der Waals surface area contributed by atoms with E-state index in [0.29, 0.717) is 42.3 Å². The fourth-order valence-corrected chi connectivity index (χ4v) is 3.90. The molecular weight excluding hydrogens is 423 g/mol. The molecule has 0 radical (unpaired) electrons. The van der Waals surface area contributed by atoms with Crippen LogP contribution < -0.4 is 4.90 Å². The van der Waals surface area contributed by atoms with Crippen LogP contribution in [0.25, 0.3) is 11.1 Å². The minimum absolute atomic E-state index is 0.0772. The first kappa shape index (κ1) is 24.3. The molecule has 0 atom stereocenters. The second-order valence-corrected chi connectivity index (χ2v) is 14.6. The van der Waals surface area contributed by atoms with Gasteiger partial charge in [-0.3, -0.25) is 0 Å². The van der Waals surface area contributed by atoms with Crippen molar-refractivity contribution in [1.29, 1.82) is 0 Å². The first-order valence-electron chi connectivity index (χ1n) is 11.3. The van der Waals surface area contributed by atoms with E-state index in [2.05, 4.69) is 55.9 Å². The number of nitrogens with zero attached hydrogens (tertiary/aromatic N) is 4. The number of aromatic nitrogens is 2. The summed E-state index contributed by atoms with van der Waals surface area (Å²) in [5, 5.41) is 4.22. The Morgan fingerprint density at radius 2 is 1.84 bits per heavy atom. The second kappa shape index (κ2) is 10.1. The normalized spacial score (nSPS) is 14.3. The number of unbranched alkanes of at least 4 members (excludes halogenated alkanes) is 1. The number of anilines is 1. The predicted octanol–water partition coefficient (Wildman–Crippen LogP) is 5.80. The van der Waals surface area contributed by atoms with Crippen LogP contribution in [0, 0.1) is 5.82 Å². The SMILES string of the molecule is CCCCON=C1CN(c2ncc(-c3cccc(CO[Si](C)(C)C(C)(C)C)c3F)cn2)C1. The van der Waals surface area contributed by atoms with E-state index in [-0.39, 0.29) is 17.5 Å². The number of oxime groups is 1. The fraction of sp³-hybridized carbons (Fsp3) is 0.542. The first-order valence-corrected chi connectivity index (χ1v) is 14.2. The van der Waals surface area contributed by atoms with Crippen LogP contribution in [0.2, 0.25) is 18.1 Å². The molecule has 0 spiro atoms. The van der Waals surface area contributed by atoms with Gasteiger partial charge >= 0.3 is 0 Å². The molecule has 3 rings (SSSR count). The summed E-state index contributed by atoms with van der Waals surface area (Å²) in [4.78, 5) is 16.2. The third-order valence-electron chi connectivity index (χ3n) is 6.24. The van der Waals surface area contributed by atoms with Crippen LogP contribution in [0.15, 0.2) is 35.7 Å². The molecule has 0 amide bonds. The molecule has 0 saturated carbocycles. The lowest BCUT2D eigenvalue weighted by atomic mass is 10.1. The van der Waals surface area contributed by atoms with Crippen LogP contribution in [-0.4, -0.2) is 43.7 Å². The molecular formula is C24H35FN4O2Si. The Hall–Kier alpha value is -2.32. The Labute approximate surface area is 192 Å². The highest BCUT2D eigenvalue weighted by molar-refractivity contribution is 6.74. The molecule has 32 heavy (non-hydrogen) atoms. The van der Waals surface area contributed by atoms with Gasteiger partial charge in [0.2, 0.25) is 5.95 Å². The van der Waals surface area contributed by atoms with Crippen molar-refractivity contribution in [2.24, 2.45) is 5.16 Å². The van der Waals surface area contributed by atoms with Crippen molar-refractivity contribution in [3.05, 3.63) is 42.0 Å². The molecule has 1 saturated heterocycles. The lowest BCUT2D eigenvalue weighted by Gasteiger charge is -2.36. The van der Waals surface area contributed by atoms with Crippen molar-refractivity contribution < 1.29 is 13.7 Å². The van der Waals surface area contributed by atoms with Crippen molar-refractivity contribution in [3.63, 3.8) is 0 Å². The smallest absolute Gasteiger partial charge is 0.225 e. The van der Waals surface area contributed by atoms with Gasteiger partial charge in [0.05, 0.1) is 25.4 Å². The van der Waals surface area contributed by atoms with Crippen molar-refractivity contribution in [2.75, 3.05) is 24.6 Å². The summed E-state index contributed by atoms with van der Waals surface area (Å²) in [5.74, 6) is 0.337. The van der Waals surface area contributed by atoms with Crippen molar-refractivity contribution in [2.45, 2.75) is 65.3 Å². The summed E-state index contributed by atoms with van der Waals surface area (Å²) in [7, 11) is -1.96. The Balaban J connectivity index is 1.64. The maximum absolute atomic E-state index is 15.2. The zero-order chi connectivity index (χ0) is 23.4. The summed E-state index contributed by atoms with van der Waals surface area (Å²) in [5.41, 5.74) is 2.68. The number of rotatable bonds is 9. The first-order chi connectivity index (χ1) is 15.1. The van der Waals surface area contributed by atoms with Gasteiger partial charge < -0.3 is 14.2 Å². The molecule has 0 N–H and O–H groups in total. The van der Waals surface area contributed by atoms with Crippen LogP contribution in [0.1, 0.15) is 46.1 Å². The summed E-state index contributed by atoms with van der Waals surface area (Å²) < 4.78 is 21.4. The van der Waals surface area contributed by atoms with Crippen molar-refractivity contribution in [3.8, 4) is 11.1 Å². The number of hydrogen-bond acceptors (Lipinski definition) is 6. The van der Waals surface area contributed by atoms with Gasteiger partial charge in [-0.1, -0.05) is 57.5 Å². The van der Waals surface area contributed by atoms with E-state index in [4.69, 9.17) is 9.26 Å². The monoisotopic (exact) mass is 458 g/mol. The topological polar surface area (TPSA) is 59.8 Å². The Morgan fingerprint density at radius 1 is 1.16 bits per heavy atom. The Morgan fingerprint density at radius 3 is 2.47 bits per heavy atom. The second-order valence-electron chi connectivity index (χ2n) is 9.80. The molecule has 0 bridgehead atoms. The van der Waals surface area contributed by atoms with Gasteiger partial charge in [-0.2, -0.15) is 0 Å². The summed E-state index contributed by atoms with van der Waals surface area (Å²) >= 11 is 0. The van der Waals surface area contributed by atoms with E-state index >= 15 is 4.39 Å². The van der Waals surface area contributed by atoms with Gasteiger partial charge in [0.25, 0.3) is 0 Å². The molecule has 1 aliphatic rings. The zero-order valence-electron chi connectivity index (χ0n) is 20.1. The Bertz CT molecular complexity index is 934. The molecule has 1 aliphatic heterocycles. The van der Waals surface area contributed by atoms with Crippen LogP contribution in [0.4, 0.5) is 10.3 Å². The van der Waals surface area contributed by atoms with Gasteiger partial charge in [-0.15, -0.1) is 0 Å². The van der Waals surface area contributed by atoms with E-state index in [0.717, 1.165) is 18.6 Å². The molecule has 6 nitrogen and oxygen atoms in total. The number of hydrogen-bond donors (Lipinski definition) is 0. The molecule has 2 aromatic rings. The maximum atomic E-state index is 15.2. The minimum atomic E-state index is -1.96. The summed E-state index contributed by atoms with van der Waals surface area (Å²) in [6.45, 7) is 15.2. The van der Waals surface area contributed by atoms with Gasteiger partial charge in [0.1, 0.15) is 12.4 Å². The molecule has 8 heteroatoms. The van der Waals surface area contributed by atoms with E-state index in [1.54, 1.807) is 24.5 Å². The summed E-state index contributed by atoms with van der Waals surface area (Å²) in [6.07, 6.45) is 5.44. The molecule has 0 unspecified atom stereocenters. The molecule has 2 heterocycles. The minimum Gasteiger partial charge on any atom is -0.412 e. The van der Waals surface area contributed by atoms with E-state index in [1.165, 1.54) is 0 Å².